The van der Waals surface area contributed by atoms with Gasteiger partial charge in [0.05, 0.1) is 18.4 Å². The summed E-state index contributed by atoms with van der Waals surface area (Å²) in [5, 5.41) is 3.83. The molecule has 3 rings (SSSR count). The zero-order valence-electron chi connectivity index (χ0n) is 14.4. The van der Waals surface area contributed by atoms with Crippen molar-refractivity contribution in [2.75, 3.05) is 17.6 Å². The smallest absolute Gasteiger partial charge is 0.233 e. The van der Waals surface area contributed by atoms with Gasteiger partial charge in [-0.05, 0) is 24.5 Å². The highest BCUT2D eigenvalue weighted by Gasteiger charge is 2.20. The molecular weight excluding hydrogens is 340 g/mol. The first kappa shape index (κ1) is 17.8. The van der Waals surface area contributed by atoms with Crippen LogP contribution in [0, 0.1) is 5.92 Å². The summed E-state index contributed by atoms with van der Waals surface area (Å²) in [7, 11) is -1.85. The second-order valence-electron chi connectivity index (χ2n) is 6.49. The number of anilines is 1. The summed E-state index contributed by atoms with van der Waals surface area (Å²) in [6.45, 7) is 0. The molecule has 0 unspecified atom stereocenters. The maximum atomic E-state index is 12.3. The summed E-state index contributed by atoms with van der Waals surface area (Å²) < 4.78 is 37.7. The number of aromatic nitrogens is 1. The summed E-state index contributed by atoms with van der Waals surface area (Å²) in [6, 6.07) is 8.94. The standard InChI is InChI=1S/C18H24N2O4S/c1-23-16-10-6-5-9-15(16)17-13-18(19-24-17)20-25(21,22)12-11-14-7-3-2-4-8-14/h5-6,9-10,13-14H,2-4,7-8,11-12H2,1H3,(H,19,20). The lowest BCUT2D eigenvalue weighted by molar-refractivity contribution is 0.350. The Hall–Kier alpha value is -2.02. The van der Waals surface area contributed by atoms with Gasteiger partial charge >= 0.3 is 0 Å². The molecule has 0 saturated heterocycles. The second-order valence-corrected chi connectivity index (χ2v) is 8.33. The lowest BCUT2D eigenvalue weighted by atomic mass is 9.88. The van der Waals surface area contributed by atoms with Gasteiger partial charge in [-0.15, -0.1) is 0 Å². The third-order valence-electron chi connectivity index (χ3n) is 4.66. The van der Waals surface area contributed by atoms with Crippen molar-refractivity contribution in [2.24, 2.45) is 5.92 Å². The van der Waals surface area contributed by atoms with E-state index in [1.165, 1.54) is 19.3 Å². The van der Waals surface area contributed by atoms with E-state index < -0.39 is 10.0 Å². The molecule has 1 aliphatic carbocycles. The average Bonchev–Trinajstić information content (AvgIpc) is 3.08. The predicted octanol–water partition coefficient (Wildman–Crippen LogP) is 4.06. The molecule has 1 aromatic heterocycles. The van der Waals surface area contributed by atoms with Crippen molar-refractivity contribution in [1.82, 2.24) is 5.16 Å². The molecule has 1 saturated carbocycles. The molecule has 0 bridgehead atoms. The number of benzene rings is 1. The normalized spacial score (nSPS) is 15.9. The molecule has 6 nitrogen and oxygen atoms in total. The van der Waals surface area contributed by atoms with E-state index in [0.717, 1.165) is 18.4 Å². The van der Waals surface area contributed by atoms with Gasteiger partial charge in [0.15, 0.2) is 11.6 Å². The van der Waals surface area contributed by atoms with Gasteiger partial charge < -0.3 is 9.26 Å². The van der Waals surface area contributed by atoms with Gasteiger partial charge in [0, 0.05) is 6.07 Å². The van der Waals surface area contributed by atoms with Gasteiger partial charge in [0.2, 0.25) is 10.0 Å². The molecule has 1 N–H and O–H groups in total. The van der Waals surface area contributed by atoms with Crippen LogP contribution in [-0.4, -0.2) is 26.4 Å². The Balaban J connectivity index is 1.64. The zero-order valence-corrected chi connectivity index (χ0v) is 15.2. The molecule has 1 heterocycles. The first-order chi connectivity index (χ1) is 12.1. The molecule has 25 heavy (non-hydrogen) atoms. The Kier molecular flexibility index (Phi) is 5.63. The van der Waals surface area contributed by atoms with Crippen LogP contribution in [0.2, 0.25) is 0 Å². The van der Waals surface area contributed by atoms with Crippen LogP contribution in [0.5, 0.6) is 5.75 Å². The molecular formula is C18H24N2O4S. The number of nitrogens with one attached hydrogen (secondary N) is 1. The zero-order chi connectivity index (χ0) is 17.7. The summed E-state index contributed by atoms with van der Waals surface area (Å²) in [4.78, 5) is 0. The number of methoxy groups -OCH3 is 1. The van der Waals surface area contributed by atoms with E-state index in [0.29, 0.717) is 23.8 Å². The summed E-state index contributed by atoms with van der Waals surface area (Å²) in [5.74, 6) is 1.94. The van der Waals surface area contributed by atoms with E-state index >= 15 is 0 Å². The van der Waals surface area contributed by atoms with E-state index in [1.807, 2.05) is 24.3 Å². The first-order valence-corrected chi connectivity index (χ1v) is 10.3. The van der Waals surface area contributed by atoms with Crippen molar-refractivity contribution < 1.29 is 17.7 Å². The number of ether oxygens (including phenoxy) is 1. The molecule has 0 spiro atoms. The van der Waals surface area contributed by atoms with E-state index in [2.05, 4.69) is 9.88 Å². The van der Waals surface area contributed by atoms with Crippen LogP contribution in [-0.2, 0) is 10.0 Å². The highest BCUT2D eigenvalue weighted by Crippen LogP contribution is 2.31. The Bertz CT molecular complexity index is 795. The SMILES string of the molecule is COc1ccccc1-c1cc(NS(=O)(=O)CCC2CCCCC2)no1. The molecule has 1 fully saturated rings. The molecule has 0 atom stereocenters. The molecule has 7 heteroatoms. The molecule has 136 valence electrons. The highest BCUT2D eigenvalue weighted by atomic mass is 32.2. The molecule has 2 aromatic rings. The number of rotatable bonds is 7. The van der Waals surface area contributed by atoms with Crippen LogP contribution in [0.3, 0.4) is 0 Å². The van der Waals surface area contributed by atoms with E-state index in [1.54, 1.807) is 13.2 Å². The van der Waals surface area contributed by atoms with Gasteiger partial charge in [0.25, 0.3) is 0 Å². The Morgan fingerprint density at radius 3 is 2.76 bits per heavy atom. The third-order valence-corrected chi connectivity index (χ3v) is 5.96. The maximum absolute atomic E-state index is 12.3. The van der Waals surface area contributed by atoms with Gasteiger partial charge in [-0.1, -0.05) is 49.4 Å². The number of sulfonamides is 1. The van der Waals surface area contributed by atoms with Crippen molar-refractivity contribution >= 4 is 15.8 Å². The van der Waals surface area contributed by atoms with Gasteiger partial charge in [0.1, 0.15) is 5.75 Å². The molecule has 0 radical (unpaired) electrons. The fourth-order valence-electron chi connectivity index (χ4n) is 3.31. The average molecular weight is 364 g/mol. The first-order valence-electron chi connectivity index (χ1n) is 8.68. The molecule has 0 aliphatic heterocycles. The fraction of sp³-hybridized carbons (Fsp3) is 0.500. The van der Waals surface area contributed by atoms with Gasteiger partial charge in [-0.2, -0.15) is 0 Å². The minimum Gasteiger partial charge on any atom is -0.496 e. The van der Waals surface area contributed by atoms with Crippen LogP contribution in [0.15, 0.2) is 34.9 Å². The van der Waals surface area contributed by atoms with Crippen molar-refractivity contribution in [2.45, 2.75) is 38.5 Å². The molecule has 1 aromatic carbocycles. The molecule has 0 amide bonds. The summed E-state index contributed by atoms with van der Waals surface area (Å²) in [6.07, 6.45) is 6.67. The number of hydrogen-bond acceptors (Lipinski definition) is 5. The highest BCUT2D eigenvalue weighted by molar-refractivity contribution is 7.92. The number of para-hydroxylation sites is 1. The van der Waals surface area contributed by atoms with E-state index in [4.69, 9.17) is 9.26 Å². The molecule has 1 aliphatic rings. The topological polar surface area (TPSA) is 81.4 Å². The van der Waals surface area contributed by atoms with E-state index in [9.17, 15) is 8.42 Å². The number of hydrogen-bond donors (Lipinski definition) is 1. The lowest BCUT2D eigenvalue weighted by Crippen LogP contribution is -2.20. The van der Waals surface area contributed by atoms with Crippen molar-refractivity contribution in [1.29, 1.82) is 0 Å². The van der Waals surface area contributed by atoms with Crippen LogP contribution in [0.25, 0.3) is 11.3 Å². The van der Waals surface area contributed by atoms with Crippen molar-refractivity contribution in [3.63, 3.8) is 0 Å². The third kappa shape index (κ3) is 4.75. The maximum Gasteiger partial charge on any atom is 0.233 e. The van der Waals surface area contributed by atoms with Crippen LogP contribution in [0.4, 0.5) is 5.82 Å². The lowest BCUT2D eigenvalue weighted by Gasteiger charge is -2.21. The van der Waals surface area contributed by atoms with Gasteiger partial charge in [-0.25, -0.2) is 8.42 Å². The minimum absolute atomic E-state index is 0.120. The predicted molar refractivity (Wildman–Crippen MR) is 97.1 cm³/mol. The van der Waals surface area contributed by atoms with Crippen molar-refractivity contribution in [3.05, 3.63) is 30.3 Å². The minimum atomic E-state index is -3.42. The second kappa shape index (κ2) is 7.91. The largest absolute Gasteiger partial charge is 0.496 e. The number of nitrogens with zero attached hydrogens (tertiary/aromatic N) is 1. The summed E-state index contributed by atoms with van der Waals surface area (Å²) >= 11 is 0. The Morgan fingerprint density at radius 1 is 1.24 bits per heavy atom. The quantitative estimate of drug-likeness (QED) is 0.801. The fourth-order valence-corrected chi connectivity index (χ4v) is 4.47. The Labute approximate surface area is 148 Å². The van der Waals surface area contributed by atoms with Crippen molar-refractivity contribution in [3.8, 4) is 17.1 Å². The van der Waals surface area contributed by atoms with Gasteiger partial charge in [-0.3, -0.25) is 4.72 Å². The monoisotopic (exact) mass is 364 g/mol. The van der Waals surface area contributed by atoms with Crippen LogP contribution >= 0.6 is 0 Å². The Morgan fingerprint density at radius 2 is 2.00 bits per heavy atom. The van der Waals surface area contributed by atoms with Crippen LogP contribution < -0.4 is 9.46 Å². The summed E-state index contributed by atoms with van der Waals surface area (Å²) in [5.41, 5.74) is 0.727. The van der Waals surface area contributed by atoms with E-state index in [-0.39, 0.29) is 11.6 Å². The van der Waals surface area contributed by atoms with Crippen LogP contribution in [0.1, 0.15) is 38.5 Å².